The summed E-state index contributed by atoms with van der Waals surface area (Å²) < 4.78 is 10.9. The molecule has 0 aromatic heterocycles. The summed E-state index contributed by atoms with van der Waals surface area (Å²) in [4.78, 5) is 25.1. The minimum Gasteiger partial charge on any atom is -0.481 e. The molecule has 2 rings (SSSR count). The fraction of sp³-hybridized carbons (Fsp3) is 0.882. The number of hydrogen-bond donors (Lipinski definition) is 2. The summed E-state index contributed by atoms with van der Waals surface area (Å²) >= 11 is 0. The number of likely N-dealkylation sites (tertiary alicyclic amines) is 1. The van der Waals surface area contributed by atoms with Crippen LogP contribution in [0, 0.1) is 5.92 Å². The summed E-state index contributed by atoms with van der Waals surface area (Å²) in [6.45, 7) is 6.54. The van der Waals surface area contributed by atoms with E-state index in [1.54, 1.807) is 12.0 Å². The normalized spacial score (nSPS) is 31.1. The van der Waals surface area contributed by atoms with Crippen LogP contribution in [0.2, 0.25) is 0 Å². The summed E-state index contributed by atoms with van der Waals surface area (Å²) in [6.07, 6.45) is 2.81. The molecule has 2 aliphatic rings. The van der Waals surface area contributed by atoms with Crippen LogP contribution in [0.1, 0.15) is 46.5 Å². The maximum atomic E-state index is 12.2. The van der Waals surface area contributed by atoms with Crippen LogP contribution in [0.25, 0.3) is 0 Å². The van der Waals surface area contributed by atoms with Crippen molar-refractivity contribution in [1.29, 1.82) is 0 Å². The molecule has 2 N–H and O–H groups in total. The zero-order chi connectivity index (χ0) is 17.9. The molecule has 0 aromatic rings. The van der Waals surface area contributed by atoms with Crippen molar-refractivity contribution in [1.82, 2.24) is 10.2 Å². The Balaban J connectivity index is 1.92. The second-order valence-electron chi connectivity index (χ2n) is 7.83. The Morgan fingerprint density at radius 1 is 1.21 bits per heavy atom. The number of amides is 1. The smallest absolute Gasteiger partial charge is 0.410 e. The molecule has 0 spiro atoms. The van der Waals surface area contributed by atoms with E-state index in [0.29, 0.717) is 19.5 Å². The van der Waals surface area contributed by atoms with Crippen molar-refractivity contribution in [2.24, 2.45) is 5.92 Å². The number of rotatable bonds is 4. The summed E-state index contributed by atoms with van der Waals surface area (Å²) in [7, 11) is 1.64. The van der Waals surface area contributed by atoms with Crippen LogP contribution in [0.5, 0.6) is 0 Å². The highest BCUT2D eigenvalue weighted by molar-refractivity contribution is 5.70. The molecule has 24 heavy (non-hydrogen) atoms. The number of nitrogens with one attached hydrogen (secondary N) is 1. The Labute approximate surface area is 143 Å². The number of nitrogens with zero attached hydrogens (tertiary/aromatic N) is 1. The van der Waals surface area contributed by atoms with Gasteiger partial charge in [0.1, 0.15) is 5.60 Å². The predicted molar refractivity (Wildman–Crippen MR) is 88.9 cm³/mol. The van der Waals surface area contributed by atoms with Crippen molar-refractivity contribution in [2.45, 2.75) is 70.2 Å². The Bertz CT molecular complexity index is 462. The Morgan fingerprint density at radius 2 is 1.92 bits per heavy atom. The van der Waals surface area contributed by atoms with Gasteiger partial charge in [-0.05, 0) is 40.0 Å². The SMILES string of the molecule is CO[C@H]1CN(C(=O)OC(C)(C)C)CC1NC1CCCC(C(=O)O)C1. The van der Waals surface area contributed by atoms with Crippen LogP contribution in [0.3, 0.4) is 0 Å². The first-order chi connectivity index (χ1) is 11.2. The molecule has 1 heterocycles. The number of ether oxygens (including phenoxy) is 2. The highest BCUT2D eigenvalue weighted by atomic mass is 16.6. The van der Waals surface area contributed by atoms with Gasteiger partial charge in [-0.15, -0.1) is 0 Å². The molecule has 0 aromatic carbocycles. The molecule has 0 radical (unpaired) electrons. The predicted octanol–water partition coefficient (Wildman–Crippen LogP) is 1.85. The van der Waals surface area contributed by atoms with Crippen LogP contribution in [-0.4, -0.2) is 66.1 Å². The van der Waals surface area contributed by atoms with Gasteiger partial charge in [0.15, 0.2) is 0 Å². The van der Waals surface area contributed by atoms with E-state index < -0.39 is 11.6 Å². The first kappa shape index (κ1) is 19.0. The van der Waals surface area contributed by atoms with Crippen LogP contribution >= 0.6 is 0 Å². The lowest BCUT2D eigenvalue weighted by Crippen LogP contribution is -2.48. The molecule has 0 bridgehead atoms. The molecule has 1 aliphatic heterocycles. The van der Waals surface area contributed by atoms with Gasteiger partial charge in [-0.3, -0.25) is 4.79 Å². The minimum atomic E-state index is -0.716. The average molecular weight is 342 g/mol. The second kappa shape index (κ2) is 7.70. The third-order valence-corrected chi connectivity index (χ3v) is 4.69. The van der Waals surface area contributed by atoms with Gasteiger partial charge >= 0.3 is 12.1 Å². The van der Waals surface area contributed by atoms with Crippen molar-refractivity contribution in [2.75, 3.05) is 20.2 Å². The lowest BCUT2D eigenvalue weighted by atomic mass is 9.85. The van der Waals surface area contributed by atoms with Gasteiger partial charge in [-0.2, -0.15) is 0 Å². The Kier molecular flexibility index (Phi) is 6.09. The highest BCUT2D eigenvalue weighted by Crippen LogP contribution is 2.26. The van der Waals surface area contributed by atoms with Crippen molar-refractivity contribution in [3.05, 3.63) is 0 Å². The van der Waals surface area contributed by atoms with E-state index >= 15 is 0 Å². The standard InChI is InChI=1S/C17H30N2O5/c1-17(2,3)24-16(22)19-9-13(14(10-19)23-4)18-12-7-5-6-11(8-12)15(20)21/h11-14,18H,5-10H2,1-4H3,(H,20,21)/t11?,12?,13?,14-/m0/s1. The number of carboxylic acid groups (broad SMARTS) is 1. The molecule has 7 nitrogen and oxygen atoms in total. The van der Waals surface area contributed by atoms with Gasteiger partial charge in [0.2, 0.25) is 0 Å². The number of carboxylic acids is 1. The second-order valence-corrected chi connectivity index (χ2v) is 7.83. The number of hydrogen-bond acceptors (Lipinski definition) is 5. The van der Waals surface area contributed by atoms with Crippen molar-refractivity contribution >= 4 is 12.1 Å². The number of methoxy groups -OCH3 is 1. The quantitative estimate of drug-likeness (QED) is 0.811. The summed E-state index contributed by atoms with van der Waals surface area (Å²) in [5.41, 5.74) is -0.525. The highest BCUT2D eigenvalue weighted by Gasteiger charge is 2.39. The number of aliphatic carboxylic acids is 1. The molecule has 7 heteroatoms. The minimum absolute atomic E-state index is 0.0000586. The summed E-state index contributed by atoms with van der Waals surface area (Å²) in [6, 6.07) is 0.154. The van der Waals surface area contributed by atoms with Crippen molar-refractivity contribution < 1.29 is 24.2 Å². The van der Waals surface area contributed by atoms with E-state index in [4.69, 9.17) is 9.47 Å². The fourth-order valence-electron chi connectivity index (χ4n) is 3.52. The molecule has 138 valence electrons. The fourth-order valence-corrected chi connectivity index (χ4v) is 3.52. The third-order valence-electron chi connectivity index (χ3n) is 4.69. The zero-order valence-electron chi connectivity index (χ0n) is 15.1. The van der Waals surface area contributed by atoms with Gasteiger partial charge in [-0.25, -0.2) is 4.79 Å². The van der Waals surface area contributed by atoms with E-state index in [2.05, 4.69) is 5.32 Å². The first-order valence-electron chi connectivity index (χ1n) is 8.69. The number of carbonyl (C=O) groups excluding carboxylic acids is 1. The van der Waals surface area contributed by atoms with Gasteiger partial charge in [0.25, 0.3) is 0 Å². The van der Waals surface area contributed by atoms with Crippen LogP contribution in [0.4, 0.5) is 4.79 Å². The van der Waals surface area contributed by atoms with Crippen molar-refractivity contribution in [3.8, 4) is 0 Å². The first-order valence-corrected chi connectivity index (χ1v) is 8.69. The zero-order valence-corrected chi connectivity index (χ0v) is 15.1. The van der Waals surface area contributed by atoms with Crippen LogP contribution in [-0.2, 0) is 14.3 Å². The van der Waals surface area contributed by atoms with Crippen molar-refractivity contribution in [3.63, 3.8) is 0 Å². The van der Waals surface area contributed by atoms with Gasteiger partial charge < -0.3 is 24.8 Å². The molecule has 1 amide bonds. The number of carbonyl (C=O) groups is 2. The van der Waals surface area contributed by atoms with E-state index in [0.717, 1.165) is 19.3 Å². The molecule has 4 atom stereocenters. The lowest BCUT2D eigenvalue weighted by molar-refractivity contribution is -0.143. The summed E-state index contributed by atoms with van der Waals surface area (Å²) in [5.74, 6) is -0.993. The Hall–Kier alpha value is -1.34. The van der Waals surface area contributed by atoms with Gasteiger partial charge in [0, 0.05) is 19.7 Å². The molecule has 1 saturated heterocycles. The third kappa shape index (κ3) is 5.08. The lowest BCUT2D eigenvalue weighted by Gasteiger charge is -2.31. The van der Waals surface area contributed by atoms with Gasteiger partial charge in [-0.1, -0.05) is 6.42 Å². The van der Waals surface area contributed by atoms with E-state index in [9.17, 15) is 14.7 Å². The largest absolute Gasteiger partial charge is 0.481 e. The molecule has 1 saturated carbocycles. The molecular formula is C17H30N2O5. The molecule has 3 unspecified atom stereocenters. The van der Waals surface area contributed by atoms with Crippen LogP contribution < -0.4 is 5.32 Å². The van der Waals surface area contributed by atoms with E-state index in [1.807, 2.05) is 20.8 Å². The maximum Gasteiger partial charge on any atom is 0.410 e. The monoisotopic (exact) mass is 342 g/mol. The summed E-state index contributed by atoms with van der Waals surface area (Å²) in [5, 5.41) is 12.7. The van der Waals surface area contributed by atoms with E-state index in [1.165, 1.54) is 0 Å². The van der Waals surface area contributed by atoms with E-state index in [-0.39, 0.29) is 30.2 Å². The average Bonchev–Trinajstić information content (AvgIpc) is 2.89. The molecule has 2 fully saturated rings. The van der Waals surface area contributed by atoms with Crippen LogP contribution in [0.15, 0.2) is 0 Å². The maximum absolute atomic E-state index is 12.2. The van der Waals surface area contributed by atoms with Gasteiger partial charge in [0.05, 0.1) is 24.6 Å². The molecule has 1 aliphatic carbocycles. The Morgan fingerprint density at radius 3 is 2.50 bits per heavy atom. The topological polar surface area (TPSA) is 88.1 Å². The molecular weight excluding hydrogens is 312 g/mol.